The van der Waals surface area contributed by atoms with Crippen molar-refractivity contribution in [2.75, 3.05) is 21.0 Å². The summed E-state index contributed by atoms with van der Waals surface area (Å²) in [6.07, 6.45) is 0.973. The molecule has 0 aromatic heterocycles. The lowest BCUT2D eigenvalue weighted by Crippen LogP contribution is -2.31. The first-order valence-corrected chi connectivity index (χ1v) is 7.19. The van der Waals surface area contributed by atoms with Gasteiger partial charge in [-0.3, -0.25) is 0 Å². The van der Waals surface area contributed by atoms with Crippen molar-refractivity contribution in [3.8, 4) is 11.8 Å². The van der Waals surface area contributed by atoms with Crippen molar-refractivity contribution in [3.05, 3.63) is 41.2 Å². The predicted molar refractivity (Wildman–Crippen MR) is 81.8 cm³/mol. The van der Waals surface area contributed by atoms with Crippen LogP contribution in [-0.4, -0.2) is 32.1 Å². The standard InChI is InChI=1S/C17H19NO5/c1-21-11-23-15-7-8-17(10-18,9-14(15)16(19)20)12-3-5-13(22-2)6-4-12/h3-6H,7-9,11H2,1-2H3,(H,19,20). The van der Waals surface area contributed by atoms with Gasteiger partial charge in [-0.15, -0.1) is 0 Å². The van der Waals surface area contributed by atoms with Crippen LogP contribution in [0.5, 0.6) is 5.75 Å². The zero-order chi connectivity index (χ0) is 16.9. The molecule has 0 bridgehead atoms. The van der Waals surface area contributed by atoms with Gasteiger partial charge in [0, 0.05) is 20.0 Å². The second-order valence-corrected chi connectivity index (χ2v) is 5.36. The topological polar surface area (TPSA) is 88.8 Å². The number of aliphatic carboxylic acids is 1. The molecule has 1 aliphatic carbocycles. The lowest BCUT2D eigenvalue weighted by molar-refractivity contribution is -0.133. The number of carboxylic acids is 1. The summed E-state index contributed by atoms with van der Waals surface area (Å²) in [6, 6.07) is 9.47. The van der Waals surface area contributed by atoms with Crippen molar-refractivity contribution >= 4 is 5.97 Å². The van der Waals surface area contributed by atoms with E-state index < -0.39 is 11.4 Å². The quantitative estimate of drug-likeness (QED) is 0.811. The molecule has 122 valence electrons. The number of nitriles is 1. The van der Waals surface area contributed by atoms with Crippen LogP contribution in [0, 0.1) is 11.3 Å². The molecule has 0 heterocycles. The minimum atomic E-state index is -1.07. The maximum Gasteiger partial charge on any atom is 0.335 e. The highest BCUT2D eigenvalue weighted by Crippen LogP contribution is 2.42. The molecule has 0 aliphatic heterocycles. The van der Waals surface area contributed by atoms with E-state index in [1.807, 2.05) is 12.1 Å². The van der Waals surface area contributed by atoms with Gasteiger partial charge in [0.1, 0.15) is 11.5 Å². The van der Waals surface area contributed by atoms with E-state index in [0.717, 1.165) is 5.56 Å². The zero-order valence-electron chi connectivity index (χ0n) is 13.2. The number of rotatable bonds is 6. The minimum Gasteiger partial charge on any atom is -0.497 e. The Bertz CT molecular complexity index is 644. The van der Waals surface area contributed by atoms with Crippen molar-refractivity contribution in [1.82, 2.24) is 0 Å². The lowest BCUT2D eigenvalue weighted by Gasteiger charge is -2.32. The van der Waals surface area contributed by atoms with Crippen LogP contribution < -0.4 is 4.74 Å². The first kappa shape index (κ1) is 16.8. The minimum absolute atomic E-state index is 0.00575. The number of allylic oxidation sites excluding steroid dienone is 1. The van der Waals surface area contributed by atoms with E-state index in [0.29, 0.717) is 24.4 Å². The number of carbonyl (C=O) groups is 1. The highest BCUT2D eigenvalue weighted by molar-refractivity contribution is 5.88. The third-order valence-corrected chi connectivity index (χ3v) is 4.06. The maximum absolute atomic E-state index is 11.6. The Balaban J connectivity index is 2.36. The van der Waals surface area contributed by atoms with Crippen LogP contribution in [-0.2, 0) is 19.7 Å². The Labute approximate surface area is 134 Å². The number of methoxy groups -OCH3 is 2. The number of benzene rings is 1. The molecular weight excluding hydrogens is 298 g/mol. The SMILES string of the molecule is COCOC1=C(C(=O)O)CC(C#N)(c2ccc(OC)cc2)CC1. The van der Waals surface area contributed by atoms with Crippen LogP contribution in [0.4, 0.5) is 0 Å². The van der Waals surface area contributed by atoms with Gasteiger partial charge in [-0.05, 0) is 24.1 Å². The van der Waals surface area contributed by atoms with Gasteiger partial charge in [0.05, 0.1) is 24.2 Å². The van der Waals surface area contributed by atoms with Gasteiger partial charge in [-0.1, -0.05) is 12.1 Å². The molecule has 2 rings (SSSR count). The van der Waals surface area contributed by atoms with Gasteiger partial charge in [-0.2, -0.15) is 5.26 Å². The monoisotopic (exact) mass is 317 g/mol. The summed E-state index contributed by atoms with van der Waals surface area (Å²) in [7, 11) is 3.04. The summed E-state index contributed by atoms with van der Waals surface area (Å²) in [6.45, 7) is -0.00575. The normalized spacial score (nSPS) is 20.7. The van der Waals surface area contributed by atoms with Gasteiger partial charge >= 0.3 is 5.97 Å². The van der Waals surface area contributed by atoms with E-state index in [4.69, 9.17) is 14.2 Å². The lowest BCUT2D eigenvalue weighted by atomic mass is 9.70. The molecule has 0 saturated heterocycles. The van der Waals surface area contributed by atoms with Crippen LogP contribution in [0.3, 0.4) is 0 Å². The van der Waals surface area contributed by atoms with Gasteiger partial charge in [0.25, 0.3) is 0 Å². The Morgan fingerprint density at radius 1 is 1.35 bits per heavy atom. The molecule has 0 fully saturated rings. The zero-order valence-corrected chi connectivity index (χ0v) is 13.2. The first-order chi connectivity index (χ1) is 11.1. The van der Waals surface area contributed by atoms with E-state index in [-0.39, 0.29) is 18.8 Å². The summed E-state index contributed by atoms with van der Waals surface area (Å²) in [5.41, 5.74) is 0.0379. The summed E-state index contributed by atoms with van der Waals surface area (Å²) >= 11 is 0. The molecule has 0 saturated carbocycles. The molecular formula is C17H19NO5. The molecule has 1 aliphatic rings. The molecule has 1 aromatic carbocycles. The van der Waals surface area contributed by atoms with Crippen molar-refractivity contribution in [2.45, 2.75) is 24.7 Å². The Morgan fingerprint density at radius 2 is 2.04 bits per heavy atom. The fraction of sp³-hybridized carbons (Fsp3) is 0.412. The molecule has 1 aromatic rings. The summed E-state index contributed by atoms with van der Waals surface area (Å²) in [5.74, 6) is 0.0124. The fourth-order valence-corrected chi connectivity index (χ4v) is 2.77. The molecule has 6 heteroatoms. The summed E-state index contributed by atoms with van der Waals surface area (Å²) < 4.78 is 15.3. The van der Waals surface area contributed by atoms with Crippen LogP contribution in [0.1, 0.15) is 24.8 Å². The highest BCUT2D eigenvalue weighted by atomic mass is 16.7. The van der Waals surface area contributed by atoms with Crippen molar-refractivity contribution in [1.29, 1.82) is 5.26 Å². The summed E-state index contributed by atoms with van der Waals surface area (Å²) in [4.78, 5) is 11.6. The molecule has 1 atom stereocenters. The number of nitrogens with zero attached hydrogens (tertiary/aromatic N) is 1. The van der Waals surface area contributed by atoms with Crippen LogP contribution in [0.25, 0.3) is 0 Å². The first-order valence-electron chi connectivity index (χ1n) is 7.19. The predicted octanol–water partition coefficient (Wildman–Crippen LogP) is 2.60. The van der Waals surface area contributed by atoms with Crippen molar-refractivity contribution < 1.29 is 24.1 Å². The largest absolute Gasteiger partial charge is 0.497 e. The third-order valence-electron chi connectivity index (χ3n) is 4.06. The summed E-state index contributed by atoms with van der Waals surface area (Å²) in [5, 5.41) is 19.2. The molecule has 23 heavy (non-hydrogen) atoms. The number of hydrogen-bond acceptors (Lipinski definition) is 5. The molecule has 1 unspecified atom stereocenters. The van der Waals surface area contributed by atoms with Crippen molar-refractivity contribution in [2.24, 2.45) is 0 Å². The van der Waals surface area contributed by atoms with Crippen LogP contribution in [0.2, 0.25) is 0 Å². The number of ether oxygens (including phenoxy) is 3. The molecule has 1 N–H and O–H groups in total. The molecule has 0 radical (unpaired) electrons. The Morgan fingerprint density at radius 3 is 2.57 bits per heavy atom. The van der Waals surface area contributed by atoms with Gasteiger partial charge < -0.3 is 19.3 Å². The van der Waals surface area contributed by atoms with E-state index in [1.165, 1.54) is 7.11 Å². The average Bonchev–Trinajstić information content (AvgIpc) is 2.59. The third kappa shape index (κ3) is 3.46. The second-order valence-electron chi connectivity index (χ2n) is 5.36. The highest BCUT2D eigenvalue weighted by Gasteiger charge is 2.40. The van der Waals surface area contributed by atoms with Gasteiger partial charge in [-0.25, -0.2) is 4.79 Å². The average molecular weight is 317 g/mol. The number of hydrogen-bond donors (Lipinski definition) is 1. The van der Waals surface area contributed by atoms with Crippen LogP contribution >= 0.6 is 0 Å². The molecule has 6 nitrogen and oxygen atoms in total. The Hall–Kier alpha value is -2.52. The molecule has 0 spiro atoms. The van der Waals surface area contributed by atoms with E-state index in [2.05, 4.69) is 6.07 Å². The number of carboxylic acid groups (broad SMARTS) is 1. The van der Waals surface area contributed by atoms with Crippen LogP contribution in [0.15, 0.2) is 35.6 Å². The van der Waals surface area contributed by atoms with E-state index in [9.17, 15) is 15.2 Å². The van der Waals surface area contributed by atoms with Gasteiger partial charge in [0.2, 0.25) is 0 Å². The van der Waals surface area contributed by atoms with Gasteiger partial charge in [0.15, 0.2) is 6.79 Å². The molecule has 0 amide bonds. The fourth-order valence-electron chi connectivity index (χ4n) is 2.77. The Kier molecular flexibility index (Phi) is 5.24. The maximum atomic E-state index is 11.6. The smallest absolute Gasteiger partial charge is 0.335 e. The van der Waals surface area contributed by atoms with E-state index in [1.54, 1.807) is 19.2 Å². The second kappa shape index (κ2) is 7.16. The van der Waals surface area contributed by atoms with E-state index >= 15 is 0 Å². The van der Waals surface area contributed by atoms with Crippen molar-refractivity contribution in [3.63, 3.8) is 0 Å².